The van der Waals surface area contributed by atoms with Gasteiger partial charge in [0.25, 0.3) is 0 Å². The molecule has 2 rings (SSSR count). The highest BCUT2D eigenvalue weighted by Gasteiger charge is 2.26. The fraction of sp³-hybridized carbons (Fsp3) is 0.333. The molecule has 6 heteroatoms. The monoisotopic (exact) mass is 348 g/mol. The molecular formula is C18H24N2O3S. The first-order chi connectivity index (χ1) is 11.3. The second-order valence-corrected chi connectivity index (χ2v) is 8.29. The summed E-state index contributed by atoms with van der Waals surface area (Å²) in [7, 11) is -0.446. The van der Waals surface area contributed by atoms with Gasteiger partial charge in [0, 0.05) is 20.6 Å². The molecule has 24 heavy (non-hydrogen) atoms. The molecule has 0 aliphatic carbocycles. The lowest BCUT2D eigenvalue weighted by Crippen LogP contribution is -2.42. The van der Waals surface area contributed by atoms with Crippen molar-refractivity contribution in [3.8, 4) is 0 Å². The lowest BCUT2D eigenvalue weighted by molar-refractivity contribution is 0.173. The lowest BCUT2D eigenvalue weighted by Gasteiger charge is -2.30. The van der Waals surface area contributed by atoms with Crippen molar-refractivity contribution in [1.82, 2.24) is 9.62 Å². The summed E-state index contributed by atoms with van der Waals surface area (Å²) in [5.74, 6) is 0. The number of aliphatic hydroxyl groups excluding tert-OH is 1. The van der Waals surface area contributed by atoms with Gasteiger partial charge < -0.3 is 10.4 Å². The van der Waals surface area contributed by atoms with Gasteiger partial charge in [0.1, 0.15) is 0 Å². The Kier molecular flexibility index (Phi) is 5.77. The zero-order valence-electron chi connectivity index (χ0n) is 14.2. The van der Waals surface area contributed by atoms with Gasteiger partial charge in [0.15, 0.2) is 0 Å². The van der Waals surface area contributed by atoms with Crippen molar-refractivity contribution in [2.24, 2.45) is 0 Å². The molecule has 2 aromatic rings. The van der Waals surface area contributed by atoms with Gasteiger partial charge >= 0.3 is 0 Å². The summed E-state index contributed by atoms with van der Waals surface area (Å²) in [5, 5.41) is 13.2. The van der Waals surface area contributed by atoms with E-state index in [1.54, 1.807) is 24.3 Å². The molecule has 0 heterocycles. The van der Waals surface area contributed by atoms with Gasteiger partial charge in [-0.3, -0.25) is 0 Å². The molecule has 0 saturated heterocycles. The minimum atomic E-state index is -3.45. The van der Waals surface area contributed by atoms with Crippen LogP contribution in [0.5, 0.6) is 0 Å². The number of hydrogen-bond donors (Lipinski definition) is 2. The summed E-state index contributed by atoms with van der Waals surface area (Å²) < 4.78 is 25.4. The first kappa shape index (κ1) is 18.6. The fourth-order valence-electron chi connectivity index (χ4n) is 2.35. The molecule has 1 unspecified atom stereocenters. The Bertz CT molecular complexity index is 759. The topological polar surface area (TPSA) is 69.6 Å². The predicted molar refractivity (Wildman–Crippen MR) is 95.0 cm³/mol. The van der Waals surface area contributed by atoms with Crippen molar-refractivity contribution < 1.29 is 13.5 Å². The number of sulfonamides is 1. The quantitative estimate of drug-likeness (QED) is 0.802. The molecule has 130 valence electrons. The Labute approximate surface area is 144 Å². The molecule has 0 amide bonds. The van der Waals surface area contributed by atoms with Crippen molar-refractivity contribution in [2.45, 2.75) is 23.9 Å². The Morgan fingerprint density at radius 3 is 2.12 bits per heavy atom. The smallest absolute Gasteiger partial charge is 0.242 e. The summed E-state index contributed by atoms with van der Waals surface area (Å²) in [6, 6.07) is 16.5. The van der Waals surface area contributed by atoms with Crippen molar-refractivity contribution >= 4 is 10.0 Å². The summed E-state index contributed by atoms with van der Waals surface area (Å²) in [6.45, 7) is 2.40. The first-order valence-electron chi connectivity index (χ1n) is 7.72. The van der Waals surface area contributed by atoms with E-state index in [2.05, 4.69) is 5.32 Å². The standard InChI is InChI=1S/C18H24N2O3S/c1-18(14-21,19-13-15-7-5-4-6-8-15)16-9-11-17(12-10-16)24(22,23)20(2)3/h4-12,19,21H,13-14H2,1-3H3. The number of rotatable bonds is 7. The maximum absolute atomic E-state index is 12.1. The van der Waals surface area contributed by atoms with Crippen LogP contribution in [0.2, 0.25) is 0 Å². The lowest BCUT2D eigenvalue weighted by atomic mass is 9.92. The molecule has 2 aromatic carbocycles. The Balaban J connectivity index is 2.20. The molecule has 0 aliphatic heterocycles. The summed E-state index contributed by atoms with van der Waals surface area (Å²) >= 11 is 0. The third-order valence-corrected chi connectivity index (χ3v) is 5.94. The van der Waals surface area contributed by atoms with Crippen LogP contribution in [0.3, 0.4) is 0 Å². The van der Waals surface area contributed by atoms with Gasteiger partial charge in [-0.2, -0.15) is 0 Å². The zero-order valence-corrected chi connectivity index (χ0v) is 15.0. The molecule has 0 saturated carbocycles. The van der Waals surface area contributed by atoms with Crippen LogP contribution < -0.4 is 5.32 Å². The number of nitrogens with one attached hydrogen (secondary N) is 1. The molecule has 2 N–H and O–H groups in total. The fourth-order valence-corrected chi connectivity index (χ4v) is 3.25. The first-order valence-corrected chi connectivity index (χ1v) is 9.16. The van der Waals surface area contributed by atoms with Gasteiger partial charge in [-0.1, -0.05) is 42.5 Å². The third-order valence-electron chi connectivity index (χ3n) is 4.11. The maximum atomic E-state index is 12.1. The van der Waals surface area contributed by atoms with Crippen LogP contribution >= 0.6 is 0 Å². The van der Waals surface area contributed by atoms with Crippen molar-refractivity contribution in [1.29, 1.82) is 0 Å². The second kappa shape index (κ2) is 7.44. The van der Waals surface area contributed by atoms with Crippen molar-refractivity contribution in [3.05, 3.63) is 65.7 Å². The average molecular weight is 348 g/mol. The van der Waals surface area contributed by atoms with E-state index in [1.807, 2.05) is 37.3 Å². The molecule has 1 atom stereocenters. The van der Waals surface area contributed by atoms with E-state index in [4.69, 9.17) is 0 Å². The highest BCUT2D eigenvalue weighted by molar-refractivity contribution is 7.89. The van der Waals surface area contributed by atoms with Gasteiger partial charge in [-0.15, -0.1) is 0 Å². The maximum Gasteiger partial charge on any atom is 0.242 e. The van der Waals surface area contributed by atoms with E-state index in [0.717, 1.165) is 11.1 Å². The van der Waals surface area contributed by atoms with E-state index in [1.165, 1.54) is 18.4 Å². The van der Waals surface area contributed by atoms with E-state index in [-0.39, 0.29) is 11.5 Å². The number of benzene rings is 2. The largest absolute Gasteiger partial charge is 0.394 e. The van der Waals surface area contributed by atoms with E-state index >= 15 is 0 Å². The van der Waals surface area contributed by atoms with Crippen molar-refractivity contribution in [2.75, 3.05) is 20.7 Å². The number of aliphatic hydroxyl groups is 1. The highest BCUT2D eigenvalue weighted by Crippen LogP contribution is 2.23. The molecule has 0 fully saturated rings. The van der Waals surface area contributed by atoms with Crippen LogP contribution in [-0.2, 0) is 22.1 Å². The summed E-state index contributed by atoms with van der Waals surface area (Å²) in [6.07, 6.45) is 0. The molecule has 0 aliphatic rings. The minimum absolute atomic E-state index is 0.0976. The molecule has 0 radical (unpaired) electrons. The average Bonchev–Trinajstić information content (AvgIpc) is 2.60. The normalized spacial score (nSPS) is 14.5. The van der Waals surface area contributed by atoms with Crippen LogP contribution in [0.25, 0.3) is 0 Å². The third kappa shape index (κ3) is 4.02. The highest BCUT2D eigenvalue weighted by atomic mass is 32.2. The van der Waals surface area contributed by atoms with E-state index in [0.29, 0.717) is 6.54 Å². The van der Waals surface area contributed by atoms with Crippen LogP contribution in [-0.4, -0.2) is 38.5 Å². The van der Waals surface area contributed by atoms with Gasteiger partial charge in [0.05, 0.1) is 17.0 Å². The van der Waals surface area contributed by atoms with Gasteiger partial charge in [-0.25, -0.2) is 12.7 Å². The van der Waals surface area contributed by atoms with Gasteiger partial charge in [0.2, 0.25) is 10.0 Å². The minimum Gasteiger partial charge on any atom is -0.394 e. The SMILES string of the molecule is CN(C)S(=O)(=O)c1ccc(C(C)(CO)NCc2ccccc2)cc1. The van der Waals surface area contributed by atoms with E-state index < -0.39 is 15.6 Å². The Hall–Kier alpha value is -1.73. The summed E-state index contributed by atoms with van der Waals surface area (Å²) in [4.78, 5) is 0.236. The second-order valence-electron chi connectivity index (χ2n) is 6.14. The van der Waals surface area contributed by atoms with Crippen LogP contribution in [0, 0.1) is 0 Å². The van der Waals surface area contributed by atoms with Crippen LogP contribution in [0.1, 0.15) is 18.1 Å². The van der Waals surface area contributed by atoms with Crippen molar-refractivity contribution in [3.63, 3.8) is 0 Å². The van der Waals surface area contributed by atoms with Gasteiger partial charge in [-0.05, 0) is 30.2 Å². The predicted octanol–water partition coefficient (Wildman–Crippen LogP) is 1.93. The molecule has 0 aromatic heterocycles. The summed E-state index contributed by atoms with van der Waals surface area (Å²) in [5.41, 5.74) is 1.29. The molecule has 0 spiro atoms. The van der Waals surface area contributed by atoms with Crippen LogP contribution in [0.15, 0.2) is 59.5 Å². The zero-order chi connectivity index (χ0) is 17.8. The Morgan fingerprint density at radius 1 is 1.04 bits per heavy atom. The molecular weight excluding hydrogens is 324 g/mol. The van der Waals surface area contributed by atoms with Crippen LogP contribution in [0.4, 0.5) is 0 Å². The Morgan fingerprint density at radius 2 is 1.62 bits per heavy atom. The molecule has 0 bridgehead atoms. The van der Waals surface area contributed by atoms with E-state index in [9.17, 15) is 13.5 Å². The number of nitrogens with zero attached hydrogens (tertiary/aromatic N) is 1. The molecule has 5 nitrogen and oxygen atoms in total. The number of hydrogen-bond acceptors (Lipinski definition) is 4.